The molecule has 0 spiro atoms. The Morgan fingerprint density at radius 2 is 1.45 bits per heavy atom. The number of fused-ring (bicyclic) bond motifs is 1. The number of alkyl halides is 3. The maximum atomic E-state index is 14.4. The lowest BCUT2D eigenvalue weighted by Gasteiger charge is -2.18. The average molecular weight is 637 g/mol. The van der Waals surface area contributed by atoms with Crippen LogP contribution in [0.2, 0.25) is 0 Å². The summed E-state index contributed by atoms with van der Waals surface area (Å²) in [5.74, 6) is -2.62. The molecule has 0 fully saturated rings. The van der Waals surface area contributed by atoms with Crippen molar-refractivity contribution in [3.05, 3.63) is 155 Å². The van der Waals surface area contributed by atoms with Gasteiger partial charge in [-0.1, -0.05) is 66.7 Å². The van der Waals surface area contributed by atoms with Crippen LogP contribution in [-0.2, 0) is 12.7 Å². The van der Waals surface area contributed by atoms with E-state index in [9.17, 15) is 32.3 Å². The van der Waals surface area contributed by atoms with Crippen molar-refractivity contribution in [1.29, 1.82) is 0 Å². The number of aromatic nitrogens is 1. The Kier molecular flexibility index (Phi) is 8.38. The van der Waals surface area contributed by atoms with Crippen LogP contribution >= 0.6 is 0 Å². The van der Waals surface area contributed by atoms with E-state index in [0.29, 0.717) is 29.1 Å². The van der Waals surface area contributed by atoms with Crippen LogP contribution in [0.15, 0.2) is 121 Å². The SMILES string of the molecule is C[C@H](NC(=O)c1cc(-c2cc(F)cc(C(F)(F)F)c2)cc2ccn(Cc3ccc(-c4ccccc4)cc3)c12)c1ccc(C(=O)O)cc1. The first-order valence-electron chi connectivity index (χ1n) is 14.8. The maximum Gasteiger partial charge on any atom is 0.416 e. The minimum absolute atomic E-state index is 0.0187. The lowest BCUT2D eigenvalue weighted by molar-refractivity contribution is -0.137. The van der Waals surface area contributed by atoms with E-state index in [-0.39, 0.29) is 22.3 Å². The van der Waals surface area contributed by atoms with E-state index in [1.165, 1.54) is 18.2 Å². The molecular weight excluding hydrogens is 608 g/mol. The molecule has 6 rings (SSSR count). The van der Waals surface area contributed by atoms with Crippen molar-refractivity contribution >= 4 is 22.8 Å². The predicted octanol–water partition coefficient (Wildman–Crippen LogP) is 9.37. The van der Waals surface area contributed by atoms with Gasteiger partial charge in [0.1, 0.15) is 5.82 Å². The first-order chi connectivity index (χ1) is 22.5. The molecule has 5 aromatic carbocycles. The highest BCUT2D eigenvalue weighted by molar-refractivity contribution is 6.08. The second-order valence-corrected chi connectivity index (χ2v) is 11.3. The maximum absolute atomic E-state index is 14.4. The van der Waals surface area contributed by atoms with Crippen molar-refractivity contribution in [1.82, 2.24) is 9.88 Å². The summed E-state index contributed by atoms with van der Waals surface area (Å²) in [6.07, 6.45) is -2.96. The molecule has 1 atom stereocenters. The van der Waals surface area contributed by atoms with E-state index in [2.05, 4.69) is 5.32 Å². The van der Waals surface area contributed by atoms with Crippen molar-refractivity contribution in [2.24, 2.45) is 0 Å². The van der Waals surface area contributed by atoms with Crippen LogP contribution in [0, 0.1) is 5.82 Å². The van der Waals surface area contributed by atoms with Gasteiger partial charge in [-0.15, -0.1) is 0 Å². The van der Waals surface area contributed by atoms with E-state index >= 15 is 0 Å². The monoisotopic (exact) mass is 636 g/mol. The van der Waals surface area contributed by atoms with Crippen molar-refractivity contribution in [3.63, 3.8) is 0 Å². The molecule has 1 amide bonds. The highest BCUT2D eigenvalue weighted by Crippen LogP contribution is 2.35. The van der Waals surface area contributed by atoms with Gasteiger partial charge in [-0.05, 0) is 88.8 Å². The first kappa shape index (κ1) is 31.3. The van der Waals surface area contributed by atoms with Gasteiger partial charge >= 0.3 is 12.1 Å². The standard InChI is InChI=1S/C38H28F4N2O3/c1-23(25-11-13-28(14-12-25)37(46)47)43-36(45)34-20-30(31-18-32(38(40,41)42)21-33(39)19-31)17-29-15-16-44(35(29)34)22-24-7-9-27(10-8-24)26-5-3-2-4-6-26/h2-21,23H,22H2,1H3,(H,43,45)(H,46,47)/t23-/m0/s1. The quantitative estimate of drug-likeness (QED) is 0.164. The van der Waals surface area contributed by atoms with Crippen molar-refractivity contribution in [3.8, 4) is 22.3 Å². The molecule has 0 saturated carbocycles. The molecule has 0 unspecified atom stereocenters. The third kappa shape index (κ3) is 6.79. The molecule has 0 aliphatic carbocycles. The third-order valence-corrected chi connectivity index (χ3v) is 8.08. The van der Waals surface area contributed by atoms with Crippen LogP contribution in [0.5, 0.6) is 0 Å². The minimum Gasteiger partial charge on any atom is -0.478 e. The molecular formula is C38H28F4N2O3. The molecule has 0 aliphatic rings. The lowest BCUT2D eigenvalue weighted by Crippen LogP contribution is -2.27. The Bertz CT molecular complexity index is 2090. The topological polar surface area (TPSA) is 71.3 Å². The number of rotatable bonds is 8. The van der Waals surface area contributed by atoms with E-state index < -0.39 is 35.5 Å². The fourth-order valence-electron chi connectivity index (χ4n) is 5.64. The van der Waals surface area contributed by atoms with E-state index in [0.717, 1.165) is 28.8 Å². The number of hydrogen-bond acceptors (Lipinski definition) is 2. The number of hydrogen-bond donors (Lipinski definition) is 2. The van der Waals surface area contributed by atoms with Crippen LogP contribution in [0.25, 0.3) is 33.2 Å². The molecule has 236 valence electrons. The number of nitrogens with one attached hydrogen (secondary N) is 1. The molecule has 5 nitrogen and oxygen atoms in total. The van der Waals surface area contributed by atoms with Gasteiger partial charge in [-0.2, -0.15) is 13.2 Å². The zero-order valence-electron chi connectivity index (χ0n) is 25.1. The van der Waals surface area contributed by atoms with Crippen molar-refractivity contribution in [2.75, 3.05) is 0 Å². The number of amides is 1. The van der Waals surface area contributed by atoms with Crippen molar-refractivity contribution in [2.45, 2.75) is 25.7 Å². The van der Waals surface area contributed by atoms with Gasteiger partial charge in [0.15, 0.2) is 0 Å². The van der Waals surface area contributed by atoms with Gasteiger partial charge in [0.2, 0.25) is 0 Å². The number of carbonyl (C=O) groups excluding carboxylic acids is 1. The lowest BCUT2D eigenvalue weighted by atomic mass is 9.97. The number of carboxylic acid groups (broad SMARTS) is 1. The van der Waals surface area contributed by atoms with E-state index in [4.69, 9.17) is 0 Å². The third-order valence-electron chi connectivity index (χ3n) is 8.08. The first-order valence-corrected chi connectivity index (χ1v) is 14.8. The number of nitrogens with zero attached hydrogens (tertiary/aromatic N) is 1. The second kappa shape index (κ2) is 12.6. The van der Waals surface area contributed by atoms with Crippen molar-refractivity contribution < 1.29 is 32.3 Å². The number of halogens is 4. The normalized spacial score (nSPS) is 12.2. The smallest absolute Gasteiger partial charge is 0.416 e. The van der Waals surface area contributed by atoms with Crippen LogP contribution in [0.3, 0.4) is 0 Å². The van der Waals surface area contributed by atoms with Crippen LogP contribution in [0.1, 0.15) is 50.4 Å². The van der Waals surface area contributed by atoms with Crippen LogP contribution in [0.4, 0.5) is 17.6 Å². The van der Waals surface area contributed by atoms with Gasteiger partial charge in [-0.25, -0.2) is 9.18 Å². The Morgan fingerprint density at radius 3 is 2.11 bits per heavy atom. The number of benzene rings is 5. The summed E-state index contributed by atoms with van der Waals surface area (Å²) in [5.41, 5.74) is 3.69. The van der Waals surface area contributed by atoms with E-state index in [1.807, 2.05) is 59.2 Å². The average Bonchev–Trinajstić information content (AvgIpc) is 3.46. The summed E-state index contributed by atoms with van der Waals surface area (Å²) >= 11 is 0. The summed E-state index contributed by atoms with van der Waals surface area (Å²) in [6.45, 7) is 2.15. The largest absolute Gasteiger partial charge is 0.478 e. The molecule has 9 heteroatoms. The number of carboxylic acids is 1. The Morgan fingerprint density at radius 1 is 0.787 bits per heavy atom. The highest BCUT2D eigenvalue weighted by atomic mass is 19.4. The summed E-state index contributed by atoms with van der Waals surface area (Å²) in [4.78, 5) is 25.2. The Labute approximate surface area is 267 Å². The molecule has 2 N–H and O–H groups in total. The summed E-state index contributed by atoms with van der Waals surface area (Å²) in [7, 11) is 0. The highest BCUT2D eigenvalue weighted by Gasteiger charge is 2.31. The number of carbonyl (C=O) groups is 2. The van der Waals surface area contributed by atoms with E-state index in [1.54, 1.807) is 37.4 Å². The van der Waals surface area contributed by atoms with Crippen LogP contribution < -0.4 is 5.32 Å². The molecule has 1 heterocycles. The van der Waals surface area contributed by atoms with Crippen LogP contribution in [-0.4, -0.2) is 21.6 Å². The summed E-state index contributed by atoms with van der Waals surface area (Å²) in [5, 5.41) is 12.7. The molecule has 0 aliphatic heterocycles. The molecule has 1 aromatic heterocycles. The molecule has 47 heavy (non-hydrogen) atoms. The predicted molar refractivity (Wildman–Crippen MR) is 173 cm³/mol. The Balaban J connectivity index is 1.40. The summed E-state index contributed by atoms with van der Waals surface area (Å²) in [6, 6.07) is 30.7. The summed E-state index contributed by atoms with van der Waals surface area (Å²) < 4.78 is 57.0. The Hall–Kier alpha value is -5.70. The molecule has 0 bridgehead atoms. The van der Waals surface area contributed by atoms with Gasteiger partial charge in [-0.3, -0.25) is 4.79 Å². The zero-order valence-corrected chi connectivity index (χ0v) is 25.1. The molecule has 6 aromatic rings. The number of aromatic carboxylic acids is 1. The van der Waals surface area contributed by atoms with Gasteiger partial charge in [0, 0.05) is 18.1 Å². The zero-order chi connectivity index (χ0) is 33.3. The molecule has 0 saturated heterocycles. The fraction of sp³-hybridized carbons (Fsp3) is 0.105. The van der Waals surface area contributed by atoms with Gasteiger partial charge in [0.25, 0.3) is 5.91 Å². The van der Waals surface area contributed by atoms with Gasteiger partial charge in [0.05, 0.1) is 28.2 Å². The molecule has 0 radical (unpaired) electrons. The van der Waals surface area contributed by atoms with Gasteiger partial charge < -0.3 is 15.0 Å². The minimum atomic E-state index is -4.76. The second-order valence-electron chi connectivity index (χ2n) is 11.3. The fourth-order valence-corrected chi connectivity index (χ4v) is 5.64.